The molecule has 92 valence electrons. The highest BCUT2D eigenvalue weighted by atomic mass is 16.6. The van der Waals surface area contributed by atoms with Crippen molar-refractivity contribution in [2.75, 3.05) is 5.73 Å². The van der Waals surface area contributed by atoms with Crippen molar-refractivity contribution in [3.8, 4) is 11.6 Å². The number of aromatic nitrogens is 1. The van der Waals surface area contributed by atoms with Crippen molar-refractivity contribution in [3.63, 3.8) is 0 Å². The topological polar surface area (TPSA) is 91.3 Å². The lowest BCUT2D eigenvalue weighted by Crippen LogP contribution is -1.97. The van der Waals surface area contributed by atoms with Crippen molar-refractivity contribution in [2.24, 2.45) is 0 Å². The highest BCUT2D eigenvalue weighted by Crippen LogP contribution is 2.29. The van der Waals surface area contributed by atoms with Gasteiger partial charge in [-0.1, -0.05) is 0 Å². The summed E-state index contributed by atoms with van der Waals surface area (Å²) in [4.78, 5) is 14.3. The molecule has 0 saturated carbocycles. The standard InChI is InChI=1S/C12H11N3O3/c1-8-2-7-11(15(16)17)12(14-8)18-10-5-3-9(13)4-6-10/h2-7H,13H2,1H3. The van der Waals surface area contributed by atoms with Crippen LogP contribution in [0.4, 0.5) is 11.4 Å². The van der Waals surface area contributed by atoms with Crippen LogP contribution in [0.25, 0.3) is 0 Å². The first kappa shape index (κ1) is 11.8. The maximum Gasteiger partial charge on any atom is 0.331 e. The fraction of sp³-hybridized carbons (Fsp3) is 0.0833. The van der Waals surface area contributed by atoms with E-state index in [0.29, 0.717) is 17.1 Å². The van der Waals surface area contributed by atoms with Crippen LogP contribution < -0.4 is 10.5 Å². The molecule has 1 aromatic carbocycles. The van der Waals surface area contributed by atoms with Crippen molar-refractivity contribution < 1.29 is 9.66 Å². The van der Waals surface area contributed by atoms with Crippen LogP contribution in [0.3, 0.4) is 0 Å². The van der Waals surface area contributed by atoms with Crippen LogP contribution in [-0.4, -0.2) is 9.91 Å². The minimum absolute atomic E-state index is 0.0234. The maximum atomic E-state index is 10.8. The van der Waals surface area contributed by atoms with E-state index in [-0.39, 0.29) is 11.6 Å². The summed E-state index contributed by atoms with van der Waals surface area (Å²) in [6, 6.07) is 9.49. The Morgan fingerprint density at radius 1 is 1.22 bits per heavy atom. The van der Waals surface area contributed by atoms with Crippen LogP contribution in [0.15, 0.2) is 36.4 Å². The smallest absolute Gasteiger partial charge is 0.331 e. The number of aryl methyl sites for hydroxylation is 1. The third-order valence-electron chi connectivity index (χ3n) is 2.27. The maximum absolute atomic E-state index is 10.8. The van der Waals surface area contributed by atoms with Crippen molar-refractivity contribution in [2.45, 2.75) is 6.92 Å². The summed E-state index contributed by atoms with van der Waals surface area (Å²) >= 11 is 0. The van der Waals surface area contributed by atoms with Gasteiger partial charge >= 0.3 is 5.69 Å². The van der Waals surface area contributed by atoms with Gasteiger partial charge in [-0.05, 0) is 37.3 Å². The number of pyridine rings is 1. The molecule has 0 radical (unpaired) electrons. The SMILES string of the molecule is Cc1ccc([N+](=O)[O-])c(Oc2ccc(N)cc2)n1. The number of hydrogen-bond donors (Lipinski definition) is 1. The molecule has 0 saturated heterocycles. The van der Waals surface area contributed by atoms with Crippen LogP contribution in [0.2, 0.25) is 0 Å². The van der Waals surface area contributed by atoms with Crippen LogP contribution in [0.5, 0.6) is 11.6 Å². The molecule has 2 rings (SSSR count). The minimum atomic E-state index is -0.529. The summed E-state index contributed by atoms with van der Waals surface area (Å²) in [5.41, 5.74) is 6.61. The molecular formula is C12H11N3O3. The Labute approximate surface area is 103 Å². The zero-order valence-electron chi connectivity index (χ0n) is 9.66. The van der Waals surface area contributed by atoms with E-state index in [1.165, 1.54) is 6.07 Å². The van der Waals surface area contributed by atoms with Gasteiger partial charge in [0.15, 0.2) is 0 Å². The van der Waals surface area contributed by atoms with Gasteiger partial charge in [0.25, 0.3) is 5.88 Å². The minimum Gasteiger partial charge on any atom is -0.434 e. The lowest BCUT2D eigenvalue weighted by Gasteiger charge is -2.06. The third-order valence-corrected chi connectivity index (χ3v) is 2.27. The lowest BCUT2D eigenvalue weighted by molar-refractivity contribution is -0.386. The van der Waals surface area contributed by atoms with Crippen molar-refractivity contribution in [1.82, 2.24) is 4.98 Å². The van der Waals surface area contributed by atoms with E-state index in [0.717, 1.165) is 0 Å². The number of anilines is 1. The fourth-order valence-electron chi connectivity index (χ4n) is 1.39. The molecule has 0 bridgehead atoms. The van der Waals surface area contributed by atoms with E-state index in [1.807, 2.05) is 0 Å². The molecule has 0 spiro atoms. The molecule has 0 aliphatic carbocycles. The summed E-state index contributed by atoms with van der Waals surface area (Å²) in [6.07, 6.45) is 0. The molecule has 0 aliphatic rings. The number of nitrogens with two attached hydrogens (primary N) is 1. The number of ether oxygens (including phenoxy) is 1. The Balaban J connectivity index is 2.35. The molecule has 2 N–H and O–H groups in total. The zero-order chi connectivity index (χ0) is 13.1. The number of nitrogens with zero attached hydrogens (tertiary/aromatic N) is 2. The number of benzene rings is 1. The van der Waals surface area contributed by atoms with Gasteiger partial charge in [0.05, 0.1) is 4.92 Å². The predicted octanol–water partition coefficient (Wildman–Crippen LogP) is 2.67. The first-order valence-electron chi connectivity index (χ1n) is 5.21. The fourth-order valence-corrected chi connectivity index (χ4v) is 1.39. The van der Waals surface area contributed by atoms with E-state index in [2.05, 4.69) is 4.98 Å². The molecule has 6 nitrogen and oxygen atoms in total. The molecule has 0 atom stereocenters. The van der Waals surface area contributed by atoms with E-state index in [1.54, 1.807) is 37.3 Å². The molecule has 0 aliphatic heterocycles. The monoisotopic (exact) mass is 245 g/mol. The second kappa shape index (κ2) is 4.70. The summed E-state index contributed by atoms with van der Waals surface area (Å²) in [7, 11) is 0. The molecule has 0 amide bonds. The second-order valence-electron chi connectivity index (χ2n) is 3.71. The van der Waals surface area contributed by atoms with Gasteiger partial charge in [-0.3, -0.25) is 10.1 Å². The number of rotatable bonds is 3. The number of nitrogen functional groups attached to an aromatic ring is 1. The molecular weight excluding hydrogens is 234 g/mol. The Morgan fingerprint density at radius 2 is 1.89 bits per heavy atom. The van der Waals surface area contributed by atoms with Gasteiger partial charge in [0, 0.05) is 17.4 Å². The summed E-state index contributed by atoms with van der Waals surface area (Å²) < 4.78 is 5.40. The van der Waals surface area contributed by atoms with Crippen molar-refractivity contribution in [3.05, 3.63) is 52.2 Å². The van der Waals surface area contributed by atoms with Gasteiger partial charge in [-0.25, -0.2) is 4.98 Å². The molecule has 0 fully saturated rings. The number of nitro groups is 1. The summed E-state index contributed by atoms with van der Waals surface area (Å²) in [5, 5.41) is 10.8. The Bertz CT molecular complexity index is 582. The Kier molecular flexibility index (Phi) is 3.09. The molecule has 2 aromatic rings. The molecule has 6 heteroatoms. The molecule has 18 heavy (non-hydrogen) atoms. The van der Waals surface area contributed by atoms with E-state index < -0.39 is 4.92 Å². The quantitative estimate of drug-likeness (QED) is 0.510. The summed E-state index contributed by atoms with van der Waals surface area (Å²) in [6.45, 7) is 1.74. The molecule has 1 aromatic heterocycles. The highest BCUT2D eigenvalue weighted by Gasteiger charge is 2.17. The van der Waals surface area contributed by atoms with Gasteiger partial charge < -0.3 is 10.5 Å². The summed E-state index contributed by atoms with van der Waals surface area (Å²) in [5.74, 6) is 0.426. The van der Waals surface area contributed by atoms with Gasteiger partial charge in [-0.15, -0.1) is 0 Å². The lowest BCUT2D eigenvalue weighted by atomic mass is 10.3. The predicted molar refractivity (Wildman–Crippen MR) is 66.6 cm³/mol. The Morgan fingerprint density at radius 3 is 2.50 bits per heavy atom. The van der Waals surface area contributed by atoms with Gasteiger partial charge in [0.2, 0.25) is 0 Å². The van der Waals surface area contributed by atoms with Crippen LogP contribution in [-0.2, 0) is 0 Å². The largest absolute Gasteiger partial charge is 0.434 e. The van der Waals surface area contributed by atoms with Crippen molar-refractivity contribution in [1.29, 1.82) is 0 Å². The first-order valence-corrected chi connectivity index (χ1v) is 5.21. The van der Waals surface area contributed by atoms with Crippen LogP contribution in [0.1, 0.15) is 5.69 Å². The van der Waals surface area contributed by atoms with E-state index in [4.69, 9.17) is 10.5 Å². The van der Waals surface area contributed by atoms with E-state index in [9.17, 15) is 10.1 Å². The molecule has 1 heterocycles. The van der Waals surface area contributed by atoms with Crippen LogP contribution >= 0.6 is 0 Å². The Hall–Kier alpha value is -2.63. The van der Waals surface area contributed by atoms with Crippen molar-refractivity contribution >= 4 is 11.4 Å². The highest BCUT2D eigenvalue weighted by molar-refractivity contribution is 5.46. The third kappa shape index (κ3) is 2.54. The second-order valence-corrected chi connectivity index (χ2v) is 3.71. The molecule has 0 unspecified atom stereocenters. The average Bonchev–Trinajstić information content (AvgIpc) is 2.32. The average molecular weight is 245 g/mol. The van der Waals surface area contributed by atoms with Crippen LogP contribution in [0, 0.1) is 17.0 Å². The first-order chi connectivity index (χ1) is 8.56. The zero-order valence-corrected chi connectivity index (χ0v) is 9.66. The van der Waals surface area contributed by atoms with Gasteiger partial charge in [0.1, 0.15) is 5.75 Å². The van der Waals surface area contributed by atoms with Gasteiger partial charge in [-0.2, -0.15) is 0 Å². The number of hydrogen-bond acceptors (Lipinski definition) is 5. The normalized spacial score (nSPS) is 10.1. The van der Waals surface area contributed by atoms with E-state index >= 15 is 0 Å².